The number of para-hydroxylation sites is 1. The third-order valence-electron chi connectivity index (χ3n) is 6.19. The summed E-state index contributed by atoms with van der Waals surface area (Å²) in [5, 5.41) is 1.69. The predicted molar refractivity (Wildman–Crippen MR) is 132 cm³/mol. The lowest BCUT2D eigenvalue weighted by molar-refractivity contribution is -0.126. The Morgan fingerprint density at radius 2 is 1.79 bits per heavy atom. The molecule has 0 atom stereocenters. The van der Waals surface area contributed by atoms with E-state index in [1.54, 1.807) is 17.0 Å². The van der Waals surface area contributed by atoms with Crippen LogP contribution < -0.4 is 10.3 Å². The maximum Gasteiger partial charge on any atom is 0.246 e. The number of benzene rings is 2. The molecule has 33 heavy (non-hydrogen) atoms. The molecular formula is C27H25N3O3. The van der Waals surface area contributed by atoms with Crippen molar-refractivity contribution in [1.29, 1.82) is 0 Å². The number of rotatable bonds is 3. The molecule has 0 unspecified atom stereocenters. The minimum atomic E-state index is -0.133. The zero-order valence-corrected chi connectivity index (χ0v) is 18.7. The van der Waals surface area contributed by atoms with Gasteiger partial charge in [0, 0.05) is 37.6 Å². The van der Waals surface area contributed by atoms with E-state index in [1.165, 1.54) is 17.9 Å². The molecule has 5 rings (SSSR count). The summed E-state index contributed by atoms with van der Waals surface area (Å²) in [4.78, 5) is 34.3. The Kier molecular flexibility index (Phi) is 5.42. The minimum Gasteiger partial charge on any atom is -0.463 e. The van der Waals surface area contributed by atoms with E-state index in [4.69, 9.17) is 9.40 Å². The fourth-order valence-electron chi connectivity index (χ4n) is 4.29. The zero-order chi connectivity index (χ0) is 22.9. The average Bonchev–Trinajstić information content (AvgIpc) is 2.84. The van der Waals surface area contributed by atoms with Crippen molar-refractivity contribution in [1.82, 2.24) is 9.88 Å². The average molecular weight is 440 g/mol. The highest BCUT2D eigenvalue weighted by Gasteiger charge is 2.21. The fraction of sp³-hybridized carbons (Fsp3) is 0.222. The number of anilines is 1. The van der Waals surface area contributed by atoms with E-state index in [1.807, 2.05) is 37.3 Å². The second kappa shape index (κ2) is 8.54. The van der Waals surface area contributed by atoms with Crippen LogP contribution in [0.3, 0.4) is 0 Å². The molecule has 2 aromatic heterocycles. The molecule has 1 amide bonds. The summed E-state index contributed by atoms with van der Waals surface area (Å²) in [5.41, 5.74) is 3.95. The summed E-state index contributed by atoms with van der Waals surface area (Å²) in [6.07, 6.45) is 4.42. The Hall–Kier alpha value is -3.93. The lowest BCUT2D eigenvalue weighted by Gasteiger charge is -2.35. The molecule has 0 spiro atoms. The van der Waals surface area contributed by atoms with E-state index < -0.39 is 0 Å². The molecule has 0 N–H and O–H groups in total. The van der Waals surface area contributed by atoms with Crippen LogP contribution >= 0.6 is 0 Å². The maximum absolute atomic E-state index is 12.7. The number of piperazine rings is 1. The zero-order valence-electron chi connectivity index (χ0n) is 18.7. The van der Waals surface area contributed by atoms with Crippen molar-refractivity contribution in [2.45, 2.75) is 13.8 Å². The van der Waals surface area contributed by atoms with E-state index in [-0.39, 0.29) is 11.3 Å². The number of fused-ring (bicyclic) bond motifs is 2. The van der Waals surface area contributed by atoms with Gasteiger partial charge in [-0.25, -0.2) is 4.98 Å². The first kappa shape index (κ1) is 20.9. The van der Waals surface area contributed by atoms with Crippen LogP contribution in [0.15, 0.2) is 70.1 Å². The van der Waals surface area contributed by atoms with Crippen LogP contribution in [0.1, 0.15) is 16.7 Å². The molecule has 1 aliphatic rings. The third kappa shape index (κ3) is 4.12. The van der Waals surface area contributed by atoms with Crippen LogP contribution in [0.5, 0.6) is 0 Å². The Labute approximate surface area is 191 Å². The summed E-state index contributed by atoms with van der Waals surface area (Å²) < 4.78 is 5.57. The van der Waals surface area contributed by atoms with Gasteiger partial charge in [0.1, 0.15) is 17.7 Å². The Morgan fingerprint density at radius 3 is 2.61 bits per heavy atom. The number of nitrogens with zero attached hydrogens (tertiary/aromatic N) is 3. The van der Waals surface area contributed by atoms with Crippen LogP contribution in [-0.2, 0) is 4.79 Å². The van der Waals surface area contributed by atoms with Crippen LogP contribution in [0.2, 0.25) is 0 Å². The van der Waals surface area contributed by atoms with Gasteiger partial charge in [-0.2, -0.15) is 0 Å². The maximum atomic E-state index is 12.7. The van der Waals surface area contributed by atoms with Crippen molar-refractivity contribution in [2.24, 2.45) is 0 Å². The van der Waals surface area contributed by atoms with Crippen molar-refractivity contribution in [3.05, 3.63) is 87.8 Å². The Morgan fingerprint density at radius 1 is 1.00 bits per heavy atom. The number of amides is 1. The highest BCUT2D eigenvalue weighted by molar-refractivity contribution is 5.92. The van der Waals surface area contributed by atoms with E-state index in [0.29, 0.717) is 42.7 Å². The smallest absolute Gasteiger partial charge is 0.246 e. The molecule has 1 fully saturated rings. The predicted octanol–water partition coefficient (Wildman–Crippen LogP) is 4.32. The highest BCUT2D eigenvalue weighted by Crippen LogP contribution is 2.23. The van der Waals surface area contributed by atoms with Gasteiger partial charge in [-0.15, -0.1) is 0 Å². The van der Waals surface area contributed by atoms with Gasteiger partial charge in [-0.05, 0) is 49.8 Å². The molecule has 6 heteroatoms. The Bertz CT molecular complexity index is 1450. The molecule has 6 nitrogen and oxygen atoms in total. The van der Waals surface area contributed by atoms with Gasteiger partial charge in [-0.3, -0.25) is 9.59 Å². The first-order valence-corrected chi connectivity index (χ1v) is 11.1. The topological polar surface area (TPSA) is 66.7 Å². The van der Waals surface area contributed by atoms with Gasteiger partial charge in [0.05, 0.1) is 16.5 Å². The van der Waals surface area contributed by atoms with Crippen LogP contribution in [0.4, 0.5) is 5.82 Å². The molecule has 0 saturated carbocycles. The lowest BCUT2D eigenvalue weighted by atomic mass is 10.1. The normalized spacial score (nSPS) is 14.5. The van der Waals surface area contributed by atoms with Gasteiger partial charge in [0.2, 0.25) is 5.91 Å². The number of hydrogen-bond donors (Lipinski definition) is 0. The first-order valence-electron chi connectivity index (χ1n) is 11.1. The lowest BCUT2D eigenvalue weighted by Crippen LogP contribution is -2.48. The second-order valence-electron chi connectivity index (χ2n) is 8.48. The van der Waals surface area contributed by atoms with Crippen LogP contribution in [0.25, 0.3) is 27.9 Å². The SMILES string of the molecule is Cc1ccc2occ(/C=C/C(=O)N3CCN(c4cc(C)c5ccccc5n4)CC3)c(=O)c2c1. The summed E-state index contributed by atoms with van der Waals surface area (Å²) in [5.74, 6) is 0.832. The van der Waals surface area contributed by atoms with Crippen molar-refractivity contribution < 1.29 is 9.21 Å². The number of aryl methyl sites for hydroxylation is 2. The standard InChI is InChI=1S/C27H25N3O3/c1-18-7-9-24-22(15-18)27(32)20(17-33-24)8-10-26(31)30-13-11-29(12-14-30)25-16-19(2)21-5-3-4-6-23(21)28-25/h3-10,15-17H,11-14H2,1-2H3/b10-8+. The molecule has 0 bridgehead atoms. The Balaban J connectivity index is 1.27. The summed E-state index contributed by atoms with van der Waals surface area (Å²) in [6.45, 7) is 6.65. The van der Waals surface area contributed by atoms with Crippen molar-refractivity contribution in [2.75, 3.05) is 31.1 Å². The number of carbonyl (C=O) groups is 1. The molecule has 0 radical (unpaired) electrons. The largest absolute Gasteiger partial charge is 0.463 e. The van der Waals surface area contributed by atoms with Gasteiger partial charge in [-0.1, -0.05) is 29.8 Å². The summed E-state index contributed by atoms with van der Waals surface area (Å²) in [7, 11) is 0. The number of aromatic nitrogens is 1. The quantitative estimate of drug-likeness (QED) is 0.445. The highest BCUT2D eigenvalue weighted by atomic mass is 16.3. The molecule has 166 valence electrons. The molecule has 0 aliphatic carbocycles. The van der Waals surface area contributed by atoms with Gasteiger partial charge in [0.15, 0.2) is 5.43 Å². The van der Waals surface area contributed by atoms with Gasteiger partial charge >= 0.3 is 0 Å². The molecule has 1 saturated heterocycles. The van der Waals surface area contributed by atoms with Gasteiger partial charge in [0.25, 0.3) is 0 Å². The summed E-state index contributed by atoms with van der Waals surface area (Å²) in [6, 6.07) is 15.7. The van der Waals surface area contributed by atoms with E-state index in [2.05, 4.69) is 24.0 Å². The first-order chi connectivity index (χ1) is 16.0. The molecule has 4 aromatic rings. The third-order valence-corrected chi connectivity index (χ3v) is 6.19. The van der Waals surface area contributed by atoms with E-state index in [0.717, 1.165) is 22.3 Å². The number of carbonyl (C=O) groups excluding carboxylic acids is 1. The van der Waals surface area contributed by atoms with Crippen molar-refractivity contribution in [3.8, 4) is 0 Å². The van der Waals surface area contributed by atoms with Crippen LogP contribution in [0, 0.1) is 13.8 Å². The van der Waals surface area contributed by atoms with Gasteiger partial charge < -0.3 is 14.2 Å². The molecule has 3 heterocycles. The molecule has 2 aromatic carbocycles. The monoisotopic (exact) mass is 439 g/mol. The molecule has 1 aliphatic heterocycles. The summed E-state index contributed by atoms with van der Waals surface area (Å²) >= 11 is 0. The minimum absolute atomic E-state index is 0.110. The van der Waals surface area contributed by atoms with E-state index in [9.17, 15) is 9.59 Å². The number of pyridine rings is 1. The second-order valence-corrected chi connectivity index (χ2v) is 8.48. The molecular weight excluding hydrogens is 414 g/mol. The number of hydrogen-bond acceptors (Lipinski definition) is 5. The van der Waals surface area contributed by atoms with Crippen molar-refractivity contribution >= 4 is 39.7 Å². The van der Waals surface area contributed by atoms with E-state index >= 15 is 0 Å². The van der Waals surface area contributed by atoms with Crippen molar-refractivity contribution in [3.63, 3.8) is 0 Å². The fourth-order valence-corrected chi connectivity index (χ4v) is 4.29. The van der Waals surface area contributed by atoms with Crippen LogP contribution in [-0.4, -0.2) is 42.0 Å².